The van der Waals surface area contributed by atoms with Crippen LogP contribution in [0, 0.1) is 0 Å². The molecular weight excluding hydrogens is 420 g/mol. The number of amides is 1. The number of hydrogen-bond acceptors (Lipinski definition) is 3. The van der Waals surface area contributed by atoms with Crippen LogP contribution in [0.3, 0.4) is 0 Å². The average molecular weight is 459 g/mol. The molecule has 3 aromatic rings. The van der Waals surface area contributed by atoms with E-state index >= 15 is 0 Å². The number of benzene rings is 3. The van der Waals surface area contributed by atoms with Gasteiger partial charge in [0, 0.05) is 6.54 Å². The van der Waals surface area contributed by atoms with E-state index in [-0.39, 0.29) is 6.09 Å². The number of rotatable bonds is 14. The van der Waals surface area contributed by atoms with Crippen molar-refractivity contribution in [1.82, 2.24) is 5.32 Å². The van der Waals surface area contributed by atoms with Crippen molar-refractivity contribution in [3.8, 4) is 11.1 Å². The summed E-state index contributed by atoms with van der Waals surface area (Å²) in [5.41, 5.74) is 11.8. The first-order chi connectivity index (χ1) is 16.7. The average Bonchev–Trinajstić information content (AvgIpc) is 2.88. The molecule has 4 heteroatoms. The van der Waals surface area contributed by atoms with E-state index in [1.165, 1.54) is 41.5 Å². The molecule has 3 rings (SSSR count). The zero-order chi connectivity index (χ0) is 23.8. The van der Waals surface area contributed by atoms with Gasteiger partial charge in [-0.05, 0) is 72.9 Å². The lowest BCUT2D eigenvalue weighted by Crippen LogP contribution is -2.25. The molecule has 0 heterocycles. The van der Waals surface area contributed by atoms with Crippen LogP contribution in [0.1, 0.15) is 55.2 Å². The summed E-state index contributed by atoms with van der Waals surface area (Å²) in [4.78, 5) is 11.8. The molecular formula is C30H38N2O2. The van der Waals surface area contributed by atoms with Crippen molar-refractivity contribution in [2.75, 3.05) is 13.1 Å². The normalized spacial score (nSPS) is 10.7. The van der Waals surface area contributed by atoms with Crippen molar-refractivity contribution < 1.29 is 9.53 Å². The Morgan fingerprint density at radius 3 is 1.79 bits per heavy atom. The van der Waals surface area contributed by atoms with Crippen LogP contribution in [0.4, 0.5) is 4.79 Å². The van der Waals surface area contributed by atoms with Gasteiger partial charge in [-0.3, -0.25) is 0 Å². The third-order valence-corrected chi connectivity index (χ3v) is 6.04. The van der Waals surface area contributed by atoms with Gasteiger partial charge >= 0.3 is 6.09 Å². The van der Waals surface area contributed by atoms with Crippen LogP contribution >= 0.6 is 0 Å². The lowest BCUT2D eigenvalue weighted by molar-refractivity contribution is 0.139. The number of nitrogens with one attached hydrogen (secondary N) is 1. The van der Waals surface area contributed by atoms with Gasteiger partial charge in [0.1, 0.15) is 6.61 Å². The number of ether oxygens (including phenoxy) is 1. The summed E-state index contributed by atoms with van der Waals surface area (Å²) in [5.74, 6) is 0. The number of unbranched alkanes of at least 4 members (excludes halogenated alkanes) is 4. The molecule has 0 aromatic heterocycles. The van der Waals surface area contributed by atoms with Crippen LogP contribution < -0.4 is 11.1 Å². The van der Waals surface area contributed by atoms with E-state index < -0.39 is 0 Å². The van der Waals surface area contributed by atoms with Crippen LogP contribution in [0.2, 0.25) is 0 Å². The molecule has 0 aliphatic heterocycles. The quantitative estimate of drug-likeness (QED) is 0.265. The van der Waals surface area contributed by atoms with Crippen molar-refractivity contribution in [3.05, 3.63) is 95.6 Å². The van der Waals surface area contributed by atoms with Crippen LogP contribution in [0.25, 0.3) is 11.1 Å². The van der Waals surface area contributed by atoms with Crippen molar-refractivity contribution in [3.63, 3.8) is 0 Å². The molecule has 0 aliphatic carbocycles. The van der Waals surface area contributed by atoms with Gasteiger partial charge in [-0.15, -0.1) is 0 Å². The molecule has 180 valence electrons. The largest absolute Gasteiger partial charge is 0.445 e. The summed E-state index contributed by atoms with van der Waals surface area (Å²) in [5, 5.41) is 2.83. The van der Waals surface area contributed by atoms with E-state index in [0.29, 0.717) is 13.2 Å². The standard InChI is InChI=1S/C30H38N2O2/c31-22-8-2-1-4-10-25-14-18-28(19-15-25)29-20-16-26(17-21-29)11-7-9-23-32-30(33)34-24-27-12-5-3-6-13-27/h3,5-6,12-21H,1-2,4,7-11,22-24,31H2,(H,32,33). The SMILES string of the molecule is NCCCCCCc1ccc(-c2ccc(CCCCNC(=O)OCc3ccccc3)cc2)cc1. The number of carbonyl (C=O) groups is 1. The minimum Gasteiger partial charge on any atom is -0.445 e. The van der Waals surface area contributed by atoms with Crippen LogP contribution in [-0.4, -0.2) is 19.2 Å². The van der Waals surface area contributed by atoms with Crippen LogP contribution in [-0.2, 0) is 24.2 Å². The minimum atomic E-state index is -0.356. The lowest BCUT2D eigenvalue weighted by atomic mass is 9.99. The Hall–Kier alpha value is -3.11. The van der Waals surface area contributed by atoms with Crippen molar-refractivity contribution in [2.24, 2.45) is 5.73 Å². The molecule has 0 atom stereocenters. The number of hydrogen-bond donors (Lipinski definition) is 2. The Kier molecular flexibility index (Phi) is 11.2. The monoisotopic (exact) mass is 458 g/mol. The molecule has 0 bridgehead atoms. The highest BCUT2D eigenvalue weighted by Crippen LogP contribution is 2.21. The fourth-order valence-electron chi connectivity index (χ4n) is 3.97. The van der Waals surface area contributed by atoms with Gasteiger partial charge in [0.2, 0.25) is 0 Å². The number of carbonyl (C=O) groups excluding carboxylic acids is 1. The minimum absolute atomic E-state index is 0.303. The third-order valence-electron chi connectivity index (χ3n) is 6.04. The number of aryl methyl sites for hydroxylation is 2. The van der Waals surface area contributed by atoms with E-state index in [2.05, 4.69) is 53.8 Å². The molecule has 3 N–H and O–H groups in total. The molecule has 1 amide bonds. The summed E-state index contributed by atoms with van der Waals surface area (Å²) in [6.45, 7) is 1.73. The summed E-state index contributed by atoms with van der Waals surface area (Å²) in [7, 11) is 0. The maximum absolute atomic E-state index is 11.8. The first-order valence-corrected chi connectivity index (χ1v) is 12.6. The Morgan fingerprint density at radius 1 is 0.647 bits per heavy atom. The highest BCUT2D eigenvalue weighted by molar-refractivity contribution is 5.67. The number of alkyl carbamates (subject to hydrolysis) is 1. The van der Waals surface area contributed by atoms with Crippen LogP contribution in [0.15, 0.2) is 78.9 Å². The van der Waals surface area contributed by atoms with E-state index in [1.54, 1.807) is 0 Å². The molecule has 0 saturated heterocycles. The Morgan fingerprint density at radius 2 is 1.21 bits per heavy atom. The summed E-state index contributed by atoms with van der Waals surface area (Å²) < 4.78 is 5.23. The Balaban J connectivity index is 1.31. The van der Waals surface area contributed by atoms with Crippen molar-refractivity contribution in [1.29, 1.82) is 0 Å². The fraction of sp³-hybridized carbons (Fsp3) is 0.367. The highest BCUT2D eigenvalue weighted by atomic mass is 16.5. The number of nitrogens with two attached hydrogens (primary N) is 1. The van der Waals surface area contributed by atoms with E-state index in [1.807, 2.05) is 30.3 Å². The second-order valence-electron chi connectivity index (χ2n) is 8.79. The second kappa shape index (κ2) is 14.9. The van der Waals surface area contributed by atoms with Crippen LogP contribution in [0.5, 0.6) is 0 Å². The molecule has 34 heavy (non-hydrogen) atoms. The molecule has 0 saturated carbocycles. The van der Waals surface area contributed by atoms with Gasteiger partial charge in [-0.1, -0.05) is 91.7 Å². The molecule has 3 aromatic carbocycles. The molecule has 0 unspecified atom stereocenters. The maximum atomic E-state index is 11.8. The summed E-state index contributed by atoms with van der Waals surface area (Å²) in [6.07, 6.45) is 8.61. The van der Waals surface area contributed by atoms with Gasteiger partial charge in [-0.2, -0.15) is 0 Å². The zero-order valence-electron chi connectivity index (χ0n) is 20.2. The predicted octanol–water partition coefficient (Wildman–Crippen LogP) is 6.66. The van der Waals surface area contributed by atoms with Gasteiger partial charge < -0.3 is 15.8 Å². The van der Waals surface area contributed by atoms with Gasteiger partial charge in [-0.25, -0.2) is 4.79 Å². The summed E-state index contributed by atoms with van der Waals surface area (Å²) >= 11 is 0. The zero-order valence-corrected chi connectivity index (χ0v) is 20.2. The van der Waals surface area contributed by atoms with Gasteiger partial charge in [0.05, 0.1) is 0 Å². The Bertz CT molecular complexity index is 953. The smallest absolute Gasteiger partial charge is 0.407 e. The maximum Gasteiger partial charge on any atom is 0.407 e. The van der Waals surface area contributed by atoms with Gasteiger partial charge in [0.25, 0.3) is 0 Å². The Labute approximate surface area is 204 Å². The molecule has 4 nitrogen and oxygen atoms in total. The van der Waals surface area contributed by atoms with E-state index in [0.717, 1.165) is 44.2 Å². The predicted molar refractivity (Wildman–Crippen MR) is 141 cm³/mol. The topological polar surface area (TPSA) is 64.3 Å². The fourth-order valence-corrected chi connectivity index (χ4v) is 3.97. The first-order valence-electron chi connectivity index (χ1n) is 12.6. The molecule has 0 radical (unpaired) electrons. The van der Waals surface area contributed by atoms with Crippen molar-refractivity contribution in [2.45, 2.75) is 58.0 Å². The second-order valence-corrected chi connectivity index (χ2v) is 8.79. The van der Waals surface area contributed by atoms with E-state index in [4.69, 9.17) is 10.5 Å². The first kappa shape index (κ1) is 25.5. The lowest BCUT2D eigenvalue weighted by Gasteiger charge is -2.08. The van der Waals surface area contributed by atoms with Crippen molar-refractivity contribution >= 4 is 6.09 Å². The van der Waals surface area contributed by atoms with Gasteiger partial charge in [0.15, 0.2) is 0 Å². The molecule has 0 fully saturated rings. The molecule has 0 aliphatic rings. The molecule has 0 spiro atoms. The summed E-state index contributed by atoms with van der Waals surface area (Å²) in [6, 6.07) is 27.5. The highest BCUT2D eigenvalue weighted by Gasteiger charge is 2.03. The van der Waals surface area contributed by atoms with E-state index in [9.17, 15) is 4.79 Å². The third kappa shape index (κ3) is 9.40.